The molecule has 9 heteroatoms. The number of nitro groups is 1. The van der Waals surface area contributed by atoms with Crippen molar-refractivity contribution in [1.82, 2.24) is 4.72 Å². The molecule has 0 unspecified atom stereocenters. The molecule has 1 aliphatic rings. The number of nitrogens with one attached hydrogen (secondary N) is 1. The topological polar surface area (TPSA) is 116 Å². The third-order valence-electron chi connectivity index (χ3n) is 3.62. The number of aryl methyl sites for hydroxylation is 1. The van der Waals surface area contributed by atoms with Gasteiger partial charge in [0.25, 0.3) is 15.7 Å². The molecule has 126 valence electrons. The lowest BCUT2D eigenvalue weighted by Crippen LogP contribution is -2.31. The highest BCUT2D eigenvalue weighted by Gasteiger charge is 2.23. The maximum Gasteiger partial charge on any atom is 0.269 e. The van der Waals surface area contributed by atoms with Crippen LogP contribution >= 0.6 is 0 Å². The zero-order chi connectivity index (χ0) is 17.0. The van der Waals surface area contributed by atoms with Gasteiger partial charge < -0.3 is 4.74 Å². The number of rotatable bonds is 6. The number of amides is 1. The number of benzene rings is 1. The molecular formula is C14H18N2O6S. The summed E-state index contributed by atoms with van der Waals surface area (Å²) in [4.78, 5) is 21.7. The second-order valence-electron chi connectivity index (χ2n) is 5.41. The van der Waals surface area contributed by atoms with Crippen LogP contribution < -0.4 is 4.72 Å². The molecule has 0 radical (unpaired) electrons. The number of ether oxygens (including phenoxy) is 1. The highest BCUT2D eigenvalue weighted by Crippen LogP contribution is 2.21. The molecule has 1 saturated heterocycles. The van der Waals surface area contributed by atoms with Crippen LogP contribution in [0.3, 0.4) is 0 Å². The smallest absolute Gasteiger partial charge is 0.269 e. The SMILES string of the molecule is Cc1cc([N+](=O)[O-])ccc1S(=O)(=O)NC(=O)CC[C@@H]1CCCO1. The standard InChI is InChI=1S/C14H18N2O6S/c1-10-9-11(16(18)19)4-6-13(10)23(20,21)15-14(17)7-5-12-3-2-8-22-12/h4,6,9,12H,2-3,5,7-8H2,1H3,(H,15,17)/t12-/m0/s1. The third kappa shape index (κ3) is 4.49. The molecule has 0 aliphatic carbocycles. The van der Waals surface area contributed by atoms with Crippen molar-refractivity contribution in [2.75, 3.05) is 6.61 Å². The van der Waals surface area contributed by atoms with Crippen LogP contribution in [0.15, 0.2) is 23.1 Å². The summed E-state index contributed by atoms with van der Waals surface area (Å²) in [5.41, 5.74) is 0.00443. The molecule has 0 spiro atoms. The molecule has 1 amide bonds. The van der Waals surface area contributed by atoms with Gasteiger partial charge in [0.2, 0.25) is 5.91 Å². The normalized spacial score (nSPS) is 17.9. The van der Waals surface area contributed by atoms with Gasteiger partial charge in [0.15, 0.2) is 0 Å². The largest absolute Gasteiger partial charge is 0.378 e. The number of carbonyl (C=O) groups is 1. The highest BCUT2D eigenvalue weighted by molar-refractivity contribution is 7.90. The molecule has 1 aromatic rings. The van der Waals surface area contributed by atoms with Crippen LogP contribution in [0.5, 0.6) is 0 Å². The van der Waals surface area contributed by atoms with Crippen molar-refractivity contribution >= 4 is 21.6 Å². The fraction of sp³-hybridized carbons (Fsp3) is 0.500. The fourth-order valence-electron chi connectivity index (χ4n) is 2.47. The minimum atomic E-state index is -4.04. The number of nitrogens with zero attached hydrogens (tertiary/aromatic N) is 1. The van der Waals surface area contributed by atoms with Crippen LogP contribution in [-0.4, -0.2) is 32.0 Å². The molecule has 0 saturated carbocycles. The van der Waals surface area contributed by atoms with Gasteiger partial charge in [-0.1, -0.05) is 0 Å². The lowest BCUT2D eigenvalue weighted by Gasteiger charge is -2.11. The van der Waals surface area contributed by atoms with Crippen molar-refractivity contribution in [2.45, 2.75) is 43.6 Å². The van der Waals surface area contributed by atoms with Crippen LogP contribution in [0.25, 0.3) is 0 Å². The molecule has 23 heavy (non-hydrogen) atoms. The summed E-state index contributed by atoms with van der Waals surface area (Å²) in [6.45, 7) is 2.12. The molecule has 1 fully saturated rings. The Morgan fingerprint density at radius 2 is 2.22 bits per heavy atom. The fourth-order valence-corrected chi connectivity index (χ4v) is 3.71. The van der Waals surface area contributed by atoms with E-state index in [4.69, 9.17) is 4.74 Å². The summed E-state index contributed by atoms with van der Waals surface area (Å²) >= 11 is 0. The first-order chi connectivity index (χ1) is 10.8. The van der Waals surface area contributed by atoms with Gasteiger partial charge in [-0.3, -0.25) is 14.9 Å². The maximum atomic E-state index is 12.2. The Morgan fingerprint density at radius 3 is 2.78 bits per heavy atom. The summed E-state index contributed by atoms with van der Waals surface area (Å²) in [6.07, 6.45) is 2.36. The van der Waals surface area contributed by atoms with E-state index < -0.39 is 20.9 Å². The Balaban J connectivity index is 2.03. The van der Waals surface area contributed by atoms with Gasteiger partial charge in [0.1, 0.15) is 0 Å². The van der Waals surface area contributed by atoms with E-state index in [0.29, 0.717) is 13.0 Å². The van der Waals surface area contributed by atoms with Gasteiger partial charge in [-0.15, -0.1) is 0 Å². The van der Waals surface area contributed by atoms with E-state index in [2.05, 4.69) is 0 Å². The van der Waals surface area contributed by atoms with Crippen LogP contribution in [-0.2, 0) is 19.6 Å². The summed E-state index contributed by atoms with van der Waals surface area (Å²) in [6, 6.07) is 3.38. The number of hydrogen-bond acceptors (Lipinski definition) is 6. The van der Waals surface area contributed by atoms with Gasteiger partial charge in [0, 0.05) is 25.2 Å². The Morgan fingerprint density at radius 1 is 1.48 bits per heavy atom. The highest BCUT2D eigenvalue weighted by atomic mass is 32.2. The van der Waals surface area contributed by atoms with Gasteiger partial charge in [-0.05, 0) is 37.8 Å². The van der Waals surface area contributed by atoms with Gasteiger partial charge in [-0.25, -0.2) is 13.1 Å². The summed E-state index contributed by atoms with van der Waals surface area (Å²) in [5.74, 6) is -0.613. The third-order valence-corrected chi connectivity index (χ3v) is 5.16. The van der Waals surface area contributed by atoms with Crippen molar-refractivity contribution in [2.24, 2.45) is 0 Å². The second-order valence-corrected chi connectivity index (χ2v) is 7.06. The molecule has 1 atom stereocenters. The Kier molecular flexibility index (Phi) is 5.32. The minimum absolute atomic E-state index is 0.00423. The number of nitro benzene ring substituents is 1. The summed E-state index contributed by atoms with van der Waals surface area (Å²) < 4.78 is 31.8. The molecule has 1 N–H and O–H groups in total. The number of hydrogen-bond donors (Lipinski definition) is 1. The second kappa shape index (κ2) is 7.05. The first kappa shape index (κ1) is 17.4. The predicted octanol–water partition coefficient (Wildman–Crippen LogP) is 1.67. The van der Waals surface area contributed by atoms with Crippen molar-refractivity contribution in [1.29, 1.82) is 0 Å². The summed E-state index contributed by atoms with van der Waals surface area (Å²) in [5, 5.41) is 10.7. The van der Waals surface area contributed by atoms with Crippen LogP contribution in [0.1, 0.15) is 31.2 Å². The molecule has 1 heterocycles. The van der Waals surface area contributed by atoms with E-state index in [1.165, 1.54) is 6.92 Å². The first-order valence-electron chi connectivity index (χ1n) is 7.22. The van der Waals surface area contributed by atoms with Crippen LogP contribution in [0.4, 0.5) is 5.69 Å². The number of sulfonamides is 1. The molecule has 2 rings (SSSR count). The van der Waals surface area contributed by atoms with E-state index in [-0.39, 0.29) is 28.7 Å². The Labute approximate surface area is 134 Å². The summed E-state index contributed by atoms with van der Waals surface area (Å²) in [7, 11) is -4.04. The van der Waals surface area contributed by atoms with E-state index in [0.717, 1.165) is 31.0 Å². The van der Waals surface area contributed by atoms with Crippen LogP contribution in [0, 0.1) is 17.0 Å². The van der Waals surface area contributed by atoms with Crippen molar-refractivity contribution in [3.05, 3.63) is 33.9 Å². The Hall–Kier alpha value is -2.00. The lowest BCUT2D eigenvalue weighted by atomic mass is 10.1. The molecule has 0 aromatic heterocycles. The maximum absolute atomic E-state index is 12.2. The molecule has 8 nitrogen and oxygen atoms in total. The van der Waals surface area contributed by atoms with Gasteiger partial charge in [-0.2, -0.15) is 0 Å². The molecule has 1 aliphatic heterocycles. The van der Waals surface area contributed by atoms with E-state index in [1.54, 1.807) is 0 Å². The van der Waals surface area contributed by atoms with E-state index in [1.807, 2.05) is 4.72 Å². The quantitative estimate of drug-likeness (QED) is 0.621. The number of non-ortho nitro benzene ring substituents is 1. The van der Waals surface area contributed by atoms with E-state index >= 15 is 0 Å². The molecule has 0 bridgehead atoms. The zero-order valence-corrected chi connectivity index (χ0v) is 13.5. The van der Waals surface area contributed by atoms with Crippen molar-refractivity contribution < 1.29 is 22.9 Å². The first-order valence-corrected chi connectivity index (χ1v) is 8.70. The predicted molar refractivity (Wildman–Crippen MR) is 81.4 cm³/mol. The monoisotopic (exact) mass is 342 g/mol. The molecule has 1 aromatic carbocycles. The van der Waals surface area contributed by atoms with Crippen molar-refractivity contribution in [3.63, 3.8) is 0 Å². The number of carbonyl (C=O) groups excluding carboxylic acids is 1. The molecular weight excluding hydrogens is 324 g/mol. The van der Waals surface area contributed by atoms with Crippen molar-refractivity contribution in [3.8, 4) is 0 Å². The van der Waals surface area contributed by atoms with E-state index in [9.17, 15) is 23.3 Å². The zero-order valence-electron chi connectivity index (χ0n) is 12.6. The van der Waals surface area contributed by atoms with Crippen LogP contribution in [0.2, 0.25) is 0 Å². The average Bonchev–Trinajstić information content (AvgIpc) is 2.97. The van der Waals surface area contributed by atoms with Gasteiger partial charge in [0.05, 0.1) is 15.9 Å². The lowest BCUT2D eigenvalue weighted by molar-refractivity contribution is -0.385. The Bertz CT molecular complexity index is 710. The average molecular weight is 342 g/mol. The van der Waals surface area contributed by atoms with Gasteiger partial charge >= 0.3 is 0 Å². The minimum Gasteiger partial charge on any atom is -0.378 e.